The van der Waals surface area contributed by atoms with E-state index in [4.69, 9.17) is 5.26 Å². The molecular weight excluding hydrogens is 248 g/mol. The molecule has 0 unspecified atom stereocenters. The van der Waals surface area contributed by atoms with Gasteiger partial charge in [-0.2, -0.15) is 5.26 Å². The van der Waals surface area contributed by atoms with Crippen molar-refractivity contribution in [1.29, 1.82) is 5.26 Å². The van der Waals surface area contributed by atoms with Crippen LogP contribution in [0.5, 0.6) is 0 Å². The average molecular weight is 260 g/mol. The van der Waals surface area contributed by atoms with Gasteiger partial charge in [-0.3, -0.25) is 0 Å². The molecule has 1 rings (SSSR count). The normalized spacial score (nSPS) is 11.1. The number of rotatable bonds is 4. The third kappa shape index (κ3) is 3.68. The number of aliphatic imine (C=N–C) groups is 1. The molecule has 0 amide bonds. The van der Waals surface area contributed by atoms with E-state index >= 15 is 0 Å². The molecule has 0 saturated carbocycles. The van der Waals surface area contributed by atoms with Crippen molar-refractivity contribution >= 4 is 21.6 Å². The molecule has 0 fully saturated rings. The van der Waals surface area contributed by atoms with Crippen LogP contribution in [-0.2, 0) is 9.84 Å². The zero-order valence-electron chi connectivity index (χ0n) is 9.92. The van der Waals surface area contributed by atoms with E-state index in [-0.39, 0.29) is 10.6 Å². The summed E-state index contributed by atoms with van der Waals surface area (Å²) >= 11 is 0. The van der Waals surface area contributed by atoms with Gasteiger partial charge in [-0.25, -0.2) is 13.4 Å². The van der Waals surface area contributed by atoms with Crippen LogP contribution in [-0.4, -0.2) is 20.9 Å². The van der Waals surface area contributed by atoms with Crippen LogP contribution >= 0.6 is 0 Å². The maximum absolute atomic E-state index is 11.3. The summed E-state index contributed by atoms with van der Waals surface area (Å²) in [7, 11) is -3.20. The van der Waals surface area contributed by atoms with Gasteiger partial charge in [0.05, 0.1) is 4.90 Å². The van der Waals surface area contributed by atoms with Gasteiger partial charge in [0.2, 0.25) is 0 Å². The van der Waals surface area contributed by atoms with E-state index in [2.05, 4.69) is 18.2 Å². The molecule has 0 aliphatic carbocycles. The summed E-state index contributed by atoms with van der Waals surface area (Å²) in [5.74, 6) is 0. The molecule has 0 aliphatic heterocycles. The van der Waals surface area contributed by atoms with Crippen LogP contribution in [0.4, 0.5) is 0 Å². The first-order valence-electron chi connectivity index (χ1n) is 4.97. The minimum Gasteiger partial charge on any atom is -0.246 e. The minimum atomic E-state index is -3.20. The van der Waals surface area contributed by atoms with E-state index in [1.807, 2.05) is 0 Å². The number of hydrogen-bond donors (Lipinski definition) is 0. The average Bonchev–Trinajstić information content (AvgIpc) is 2.34. The van der Waals surface area contributed by atoms with Crippen LogP contribution < -0.4 is 0 Å². The third-order valence-electron chi connectivity index (χ3n) is 2.16. The van der Waals surface area contributed by atoms with Crippen molar-refractivity contribution in [3.05, 3.63) is 48.7 Å². The van der Waals surface area contributed by atoms with Crippen molar-refractivity contribution in [1.82, 2.24) is 0 Å². The first-order chi connectivity index (χ1) is 8.34. The fourth-order valence-electron chi connectivity index (χ4n) is 1.18. The fourth-order valence-corrected chi connectivity index (χ4v) is 1.81. The van der Waals surface area contributed by atoms with E-state index in [1.54, 1.807) is 18.2 Å². The van der Waals surface area contributed by atoms with Gasteiger partial charge < -0.3 is 0 Å². The highest BCUT2D eigenvalue weighted by atomic mass is 32.2. The SMILES string of the molecule is C=C(C#N)N=CC(=C)c1ccc(S(C)(=O)=O)cc1. The molecule has 0 bridgehead atoms. The lowest BCUT2D eigenvalue weighted by atomic mass is 10.1. The summed E-state index contributed by atoms with van der Waals surface area (Å²) in [4.78, 5) is 4.04. The Morgan fingerprint density at radius 1 is 1.33 bits per heavy atom. The van der Waals surface area contributed by atoms with Gasteiger partial charge in [0.25, 0.3) is 0 Å². The summed E-state index contributed by atoms with van der Waals surface area (Å²) in [6.45, 7) is 7.18. The molecule has 0 N–H and O–H groups in total. The molecule has 0 atom stereocenters. The van der Waals surface area contributed by atoms with E-state index in [1.165, 1.54) is 18.3 Å². The lowest BCUT2D eigenvalue weighted by Gasteiger charge is -2.02. The van der Waals surface area contributed by atoms with Gasteiger partial charge in [0.15, 0.2) is 9.84 Å². The first kappa shape index (κ1) is 13.9. The molecule has 5 heteroatoms. The van der Waals surface area contributed by atoms with Gasteiger partial charge in [-0.05, 0) is 23.3 Å². The number of allylic oxidation sites excluding steroid dienone is 2. The van der Waals surface area contributed by atoms with Gasteiger partial charge >= 0.3 is 0 Å². The van der Waals surface area contributed by atoms with Gasteiger partial charge in [0.1, 0.15) is 11.8 Å². The molecule has 18 heavy (non-hydrogen) atoms. The Morgan fingerprint density at radius 2 is 1.89 bits per heavy atom. The fraction of sp³-hybridized carbons (Fsp3) is 0.0769. The quantitative estimate of drug-likeness (QED) is 0.615. The molecular formula is C13H12N2O2S. The topological polar surface area (TPSA) is 70.3 Å². The summed E-state index contributed by atoms with van der Waals surface area (Å²) in [6.07, 6.45) is 2.57. The highest BCUT2D eigenvalue weighted by Gasteiger charge is 2.06. The standard InChI is InChI=1S/C13H12N2O2S/c1-10(9-15-11(2)8-14)12-4-6-13(7-5-12)18(3,16)17/h4-7,9H,1-2H2,3H3. The van der Waals surface area contributed by atoms with Crippen molar-refractivity contribution in [3.8, 4) is 6.07 Å². The second-order valence-corrected chi connectivity index (χ2v) is 5.65. The van der Waals surface area contributed by atoms with Crippen molar-refractivity contribution in [2.75, 3.05) is 6.26 Å². The van der Waals surface area contributed by atoms with Gasteiger partial charge in [-0.1, -0.05) is 25.3 Å². The molecule has 1 aromatic rings. The van der Waals surface area contributed by atoms with E-state index in [0.717, 1.165) is 11.8 Å². The van der Waals surface area contributed by atoms with Crippen LogP contribution in [0.2, 0.25) is 0 Å². The molecule has 0 aromatic heterocycles. The smallest absolute Gasteiger partial charge is 0.175 e. The van der Waals surface area contributed by atoms with E-state index in [0.29, 0.717) is 5.57 Å². The molecule has 0 radical (unpaired) electrons. The number of nitriles is 1. The maximum Gasteiger partial charge on any atom is 0.175 e. The minimum absolute atomic E-state index is 0.0870. The Kier molecular flexibility index (Phi) is 4.18. The Balaban J connectivity index is 2.94. The van der Waals surface area contributed by atoms with Crippen molar-refractivity contribution in [2.24, 2.45) is 4.99 Å². The second-order valence-electron chi connectivity index (χ2n) is 3.64. The monoisotopic (exact) mass is 260 g/mol. The van der Waals surface area contributed by atoms with Crippen LogP contribution in [0.1, 0.15) is 5.56 Å². The van der Waals surface area contributed by atoms with Gasteiger partial charge in [-0.15, -0.1) is 0 Å². The zero-order chi connectivity index (χ0) is 13.8. The number of hydrogen-bond acceptors (Lipinski definition) is 4. The Labute approximate surface area is 107 Å². The highest BCUT2D eigenvalue weighted by Crippen LogP contribution is 2.15. The number of benzene rings is 1. The van der Waals surface area contributed by atoms with Crippen LogP contribution in [0.3, 0.4) is 0 Å². The third-order valence-corrected chi connectivity index (χ3v) is 3.29. The molecule has 4 nitrogen and oxygen atoms in total. The largest absolute Gasteiger partial charge is 0.246 e. The summed E-state index contributed by atoms with van der Waals surface area (Å²) in [6, 6.07) is 8.07. The lowest BCUT2D eigenvalue weighted by molar-refractivity contribution is 0.602. The predicted molar refractivity (Wildman–Crippen MR) is 71.8 cm³/mol. The number of nitrogens with zero attached hydrogens (tertiary/aromatic N) is 2. The van der Waals surface area contributed by atoms with Crippen molar-refractivity contribution in [2.45, 2.75) is 4.90 Å². The molecule has 0 aliphatic rings. The maximum atomic E-state index is 11.3. The first-order valence-corrected chi connectivity index (χ1v) is 6.86. The molecule has 0 saturated heterocycles. The van der Waals surface area contributed by atoms with Crippen LogP contribution in [0, 0.1) is 11.3 Å². The Morgan fingerprint density at radius 3 is 2.33 bits per heavy atom. The number of sulfone groups is 1. The summed E-state index contributed by atoms with van der Waals surface area (Å²) < 4.78 is 22.5. The molecule has 0 heterocycles. The highest BCUT2D eigenvalue weighted by molar-refractivity contribution is 7.90. The van der Waals surface area contributed by atoms with Gasteiger partial charge in [0, 0.05) is 12.5 Å². The van der Waals surface area contributed by atoms with Crippen LogP contribution in [0.25, 0.3) is 5.57 Å². The Hall–Kier alpha value is -2.19. The van der Waals surface area contributed by atoms with Crippen molar-refractivity contribution in [3.63, 3.8) is 0 Å². The van der Waals surface area contributed by atoms with E-state index < -0.39 is 9.84 Å². The summed E-state index contributed by atoms with van der Waals surface area (Å²) in [5.41, 5.74) is 1.40. The molecule has 92 valence electrons. The second kappa shape index (κ2) is 5.43. The Bertz CT molecular complexity index is 647. The lowest BCUT2D eigenvalue weighted by Crippen LogP contribution is -1.96. The predicted octanol–water partition coefficient (Wildman–Crippen LogP) is 2.21. The van der Waals surface area contributed by atoms with Crippen molar-refractivity contribution < 1.29 is 8.42 Å². The van der Waals surface area contributed by atoms with Crippen LogP contribution in [0.15, 0.2) is 53.0 Å². The summed E-state index contributed by atoms with van der Waals surface area (Å²) in [5, 5.41) is 8.48. The van der Waals surface area contributed by atoms with E-state index in [9.17, 15) is 8.42 Å². The molecule has 1 aromatic carbocycles. The zero-order valence-corrected chi connectivity index (χ0v) is 10.7. The molecule has 0 spiro atoms.